The first-order valence-corrected chi connectivity index (χ1v) is 6.60. The third-order valence-corrected chi connectivity index (χ3v) is 6.40. The van der Waals surface area contributed by atoms with Gasteiger partial charge in [-0.05, 0) is 0 Å². The van der Waals surface area contributed by atoms with Crippen molar-refractivity contribution in [1.82, 2.24) is 0 Å². The van der Waals surface area contributed by atoms with Crippen LogP contribution in [0.2, 0.25) is 0 Å². The van der Waals surface area contributed by atoms with Gasteiger partial charge in [-0.15, -0.1) is 0 Å². The van der Waals surface area contributed by atoms with E-state index in [1.165, 1.54) is 5.94 Å². The molecule has 0 heterocycles. The Morgan fingerprint density at radius 1 is 1.20 bits per heavy atom. The summed E-state index contributed by atoms with van der Waals surface area (Å²) in [4.78, 5) is 22.0. The minimum atomic E-state index is -3.03. The number of esters is 1. The van der Waals surface area contributed by atoms with Gasteiger partial charge in [-0.25, -0.2) is 9.59 Å². The highest BCUT2D eigenvalue weighted by atomic mass is 31.2. The lowest BCUT2D eigenvalue weighted by molar-refractivity contribution is -0.135. The van der Waals surface area contributed by atoms with E-state index in [9.17, 15) is 14.2 Å². The summed E-state index contributed by atoms with van der Waals surface area (Å²) in [6.07, 6.45) is 0. The van der Waals surface area contributed by atoms with Gasteiger partial charge in [0.15, 0.2) is 5.31 Å². The van der Waals surface area contributed by atoms with Crippen LogP contribution >= 0.6 is 7.14 Å². The topological polar surface area (TPSA) is 60.4 Å². The number of carbonyl (C=O) groups excluding carboxylic acids is 2. The maximum atomic E-state index is 12.5. The minimum absolute atomic E-state index is 0.270. The minimum Gasteiger partial charge on any atom is -0.465 e. The molecule has 15 heavy (non-hydrogen) atoms. The van der Waals surface area contributed by atoms with Crippen molar-refractivity contribution in [2.24, 2.45) is 0 Å². The number of rotatable bonds is 4. The summed E-state index contributed by atoms with van der Waals surface area (Å²) >= 11 is 0. The molecule has 0 bridgehead atoms. The largest absolute Gasteiger partial charge is 0.465 e. The molecule has 0 spiro atoms. The first-order chi connectivity index (χ1) is 6.82. The molecule has 5 heteroatoms. The summed E-state index contributed by atoms with van der Waals surface area (Å²) < 4.78 is 17.0. The molecule has 0 aromatic heterocycles. The lowest BCUT2D eigenvalue weighted by Crippen LogP contribution is -2.17. The summed E-state index contributed by atoms with van der Waals surface area (Å²) in [7, 11) is -1.87. The van der Waals surface area contributed by atoms with Crippen LogP contribution in [0.25, 0.3) is 0 Å². The molecule has 0 aliphatic rings. The van der Waals surface area contributed by atoms with Crippen LogP contribution in [0.5, 0.6) is 0 Å². The molecule has 0 atom stereocenters. The molecule has 0 aliphatic heterocycles. The van der Waals surface area contributed by atoms with Crippen molar-refractivity contribution < 1.29 is 18.9 Å². The molecule has 0 aromatic rings. The van der Waals surface area contributed by atoms with E-state index in [-0.39, 0.29) is 16.6 Å². The van der Waals surface area contributed by atoms with E-state index in [1.807, 2.05) is 0 Å². The summed E-state index contributed by atoms with van der Waals surface area (Å²) in [5, 5.41) is -0.338. The predicted octanol–water partition coefficient (Wildman–Crippen LogP) is 2.05. The van der Waals surface area contributed by atoms with Crippen LogP contribution in [0.3, 0.4) is 0 Å². The van der Waals surface area contributed by atoms with E-state index in [0.717, 1.165) is 7.11 Å². The van der Waals surface area contributed by atoms with Crippen LogP contribution in [-0.4, -0.2) is 30.3 Å². The summed E-state index contributed by atoms with van der Waals surface area (Å²) in [6, 6.07) is 0. The van der Waals surface area contributed by atoms with Crippen molar-refractivity contribution in [2.45, 2.75) is 39.0 Å². The molecule has 0 unspecified atom stereocenters. The molecule has 0 saturated heterocycles. The maximum Gasteiger partial charge on any atom is 0.352 e. The Morgan fingerprint density at radius 2 is 1.60 bits per heavy atom. The van der Waals surface area contributed by atoms with E-state index in [1.54, 1.807) is 27.7 Å². The van der Waals surface area contributed by atoms with E-state index in [0.29, 0.717) is 0 Å². The van der Waals surface area contributed by atoms with Crippen molar-refractivity contribution >= 4 is 19.1 Å². The SMILES string of the molecule is COC(=O)C(=C=O)P(=O)(C(C)C)C(C)C. The highest BCUT2D eigenvalue weighted by Gasteiger charge is 2.40. The number of ether oxygens (including phenoxy) is 1. The quantitative estimate of drug-likeness (QED) is 0.322. The van der Waals surface area contributed by atoms with Crippen LogP contribution in [0.4, 0.5) is 0 Å². The van der Waals surface area contributed by atoms with Crippen molar-refractivity contribution in [1.29, 1.82) is 0 Å². The first kappa shape index (κ1) is 14.2. The Hall–Kier alpha value is -0.850. The van der Waals surface area contributed by atoms with Gasteiger partial charge in [-0.1, -0.05) is 27.7 Å². The monoisotopic (exact) mass is 232 g/mol. The number of carbonyl (C=O) groups is 1. The number of hydrogen-bond donors (Lipinski definition) is 0. The predicted molar refractivity (Wildman–Crippen MR) is 59.1 cm³/mol. The highest BCUT2D eigenvalue weighted by molar-refractivity contribution is 7.71. The number of hydrogen-bond acceptors (Lipinski definition) is 4. The van der Waals surface area contributed by atoms with Gasteiger partial charge in [0, 0.05) is 11.3 Å². The average molecular weight is 232 g/mol. The van der Waals surface area contributed by atoms with Gasteiger partial charge in [-0.3, -0.25) is 0 Å². The standard InChI is InChI=1S/C10H17O4P/c1-7(2)15(13,8(3)4)9(6-11)10(12)14-5/h7-8H,1-5H3. The summed E-state index contributed by atoms with van der Waals surface area (Å²) in [6.45, 7) is 6.89. The van der Waals surface area contributed by atoms with Gasteiger partial charge < -0.3 is 9.30 Å². The molecule has 0 aliphatic carbocycles. The first-order valence-electron chi connectivity index (χ1n) is 4.75. The Kier molecular flexibility index (Phi) is 4.99. The van der Waals surface area contributed by atoms with Crippen molar-refractivity contribution in [3.63, 3.8) is 0 Å². The lowest BCUT2D eigenvalue weighted by Gasteiger charge is -2.24. The molecular formula is C10H17O4P. The van der Waals surface area contributed by atoms with Crippen molar-refractivity contribution in [3.8, 4) is 0 Å². The third-order valence-electron chi connectivity index (χ3n) is 2.36. The van der Waals surface area contributed by atoms with Gasteiger partial charge in [-0.2, -0.15) is 0 Å². The van der Waals surface area contributed by atoms with E-state index in [2.05, 4.69) is 4.74 Å². The lowest BCUT2D eigenvalue weighted by atomic mass is 10.5. The molecule has 86 valence electrons. The maximum absolute atomic E-state index is 12.5. The molecule has 0 N–H and O–H groups in total. The van der Waals surface area contributed by atoms with Gasteiger partial charge in [0.1, 0.15) is 13.1 Å². The number of methoxy groups -OCH3 is 1. The van der Waals surface area contributed by atoms with Gasteiger partial charge in [0.2, 0.25) is 0 Å². The summed E-state index contributed by atoms with van der Waals surface area (Å²) in [5.41, 5.74) is -0.541. The van der Waals surface area contributed by atoms with Gasteiger partial charge in [0.05, 0.1) is 7.11 Å². The molecule has 0 saturated carbocycles. The average Bonchev–Trinajstić information content (AvgIpc) is 2.17. The Balaban J connectivity index is 5.56. The van der Waals surface area contributed by atoms with Crippen LogP contribution in [0.15, 0.2) is 5.31 Å². The van der Waals surface area contributed by atoms with Crippen LogP contribution in [0.1, 0.15) is 27.7 Å². The molecule has 0 radical (unpaired) electrons. The molecule has 4 nitrogen and oxygen atoms in total. The van der Waals surface area contributed by atoms with Crippen LogP contribution < -0.4 is 0 Å². The third kappa shape index (κ3) is 2.58. The summed E-state index contributed by atoms with van der Waals surface area (Å²) in [5.74, 6) is 0.648. The Labute approximate surface area is 90.1 Å². The molecule has 0 aromatic carbocycles. The van der Waals surface area contributed by atoms with Gasteiger partial charge >= 0.3 is 5.97 Å². The highest BCUT2D eigenvalue weighted by Crippen LogP contribution is 2.61. The molecule has 0 fully saturated rings. The fourth-order valence-electron chi connectivity index (χ4n) is 1.47. The zero-order valence-electron chi connectivity index (χ0n) is 9.73. The zero-order chi connectivity index (χ0) is 12.2. The molecule has 0 rings (SSSR count). The Morgan fingerprint density at radius 3 is 1.80 bits per heavy atom. The molecular weight excluding hydrogens is 215 g/mol. The fraction of sp³-hybridized carbons (Fsp3) is 0.700. The fourth-order valence-corrected chi connectivity index (χ4v) is 4.21. The second-order valence-corrected chi connectivity index (χ2v) is 7.77. The molecule has 0 amide bonds. The van der Waals surface area contributed by atoms with Crippen LogP contribution in [-0.2, 0) is 18.9 Å². The van der Waals surface area contributed by atoms with E-state index < -0.39 is 13.1 Å². The second kappa shape index (κ2) is 5.29. The van der Waals surface area contributed by atoms with Crippen molar-refractivity contribution in [3.05, 3.63) is 5.31 Å². The van der Waals surface area contributed by atoms with Gasteiger partial charge in [0.25, 0.3) is 0 Å². The van der Waals surface area contributed by atoms with E-state index >= 15 is 0 Å². The Bertz CT molecular complexity index is 325. The van der Waals surface area contributed by atoms with Crippen LogP contribution in [0, 0.1) is 0 Å². The normalized spacial score (nSPS) is 11.4. The zero-order valence-corrected chi connectivity index (χ0v) is 10.6. The second-order valence-electron chi connectivity index (χ2n) is 3.84. The van der Waals surface area contributed by atoms with Crippen molar-refractivity contribution in [2.75, 3.05) is 7.11 Å². The van der Waals surface area contributed by atoms with E-state index in [4.69, 9.17) is 0 Å². The smallest absolute Gasteiger partial charge is 0.352 e.